The van der Waals surface area contributed by atoms with Crippen molar-refractivity contribution in [3.8, 4) is 0 Å². The summed E-state index contributed by atoms with van der Waals surface area (Å²) >= 11 is 1.62. The minimum atomic E-state index is -3.48. The van der Waals surface area contributed by atoms with Gasteiger partial charge in [0.2, 0.25) is 0 Å². The Labute approximate surface area is 168 Å². The molecule has 1 aromatic heterocycles. The number of benzene rings is 2. The Bertz CT molecular complexity index is 1080. The maximum absolute atomic E-state index is 12.4. The van der Waals surface area contributed by atoms with Crippen molar-refractivity contribution in [1.29, 1.82) is 0 Å². The van der Waals surface area contributed by atoms with Crippen molar-refractivity contribution in [2.45, 2.75) is 22.5 Å². The van der Waals surface area contributed by atoms with Gasteiger partial charge in [-0.25, -0.2) is 4.72 Å². The van der Waals surface area contributed by atoms with Gasteiger partial charge in [0.1, 0.15) is 10.7 Å². The smallest absolute Gasteiger partial charge is 0.324 e. The lowest BCUT2D eigenvalue weighted by Gasteiger charge is -2.08. The van der Waals surface area contributed by atoms with Gasteiger partial charge >= 0.3 is 10.0 Å². The second-order valence-electron chi connectivity index (χ2n) is 6.08. The summed E-state index contributed by atoms with van der Waals surface area (Å²) in [5, 5.41) is 2.69. The number of hydrogen-bond acceptors (Lipinski definition) is 5. The molecular weight excluding hydrogens is 396 g/mol. The van der Waals surface area contributed by atoms with Crippen LogP contribution in [0.3, 0.4) is 0 Å². The van der Waals surface area contributed by atoms with Crippen LogP contribution in [-0.2, 0) is 15.8 Å². The molecule has 0 bridgehead atoms. The van der Waals surface area contributed by atoms with Crippen LogP contribution in [0, 0.1) is 6.92 Å². The molecule has 0 radical (unpaired) electrons. The molecule has 0 saturated carbocycles. The molecule has 28 heavy (non-hydrogen) atoms. The van der Waals surface area contributed by atoms with E-state index in [2.05, 4.69) is 5.32 Å². The van der Waals surface area contributed by atoms with Gasteiger partial charge in [-0.2, -0.15) is 8.42 Å². The zero-order valence-electron chi connectivity index (χ0n) is 15.5. The van der Waals surface area contributed by atoms with Gasteiger partial charge in [0, 0.05) is 10.6 Å². The monoisotopic (exact) mass is 417 g/mol. The van der Waals surface area contributed by atoms with Crippen LogP contribution < -0.4 is 10.0 Å². The Morgan fingerprint density at radius 2 is 1.86 bits per heavy atom. The molecule has 0 aliphatic rings. The van der Waals surface area contributed by atoms with Gasteiger partial charge in [0.05, 0.1) is 12.8 Å². The Kier molecular flexibility index (Phi) is 6.23. The van der Waals surface area contributed by atoms with Crippen molar-refractivity contribution < 1.29 is 22.4 Å². The van der Waals surface area contributed by atoms with Crippen LogP contribution in [0.4, 0.5) is 5.69 Å². The number of aryl methyl sites for hydroxylation is 1. The molecule has 0 aliphatic heterocycles. The Morgan fingerprint density at radius 3 is 2.57 bits per heavy atom. The fourth-order valence-corrected chi connectivity index (χ4v) is 4.43. The first-order chi connectivity index (χ1) is 13.4. The number of thioether (sulfide) groups is 1. The van der Waals surface area contributed by atoms with Crippen molar-refractivity contribution in [3.05, 3.63) is 77.7 Å². The van der Waals surface area contributed by atoms with Crippen LogP contribution in [0.25, 0.3) is 0 Å². The summed E-state index contributed by atoms with van der Waals surface area (Å²) in [6.07, 6.45) is 0. The summed E-state index contributed by atoms with van der Waals surface area (Å²) in [5.41, 5.74) is 1.02. The molecule has 8 heteroatoms. The van der Waals surface area contributed by atoms with Crippen molar-refractivity contribution in [1.82, 2.24) is 0 Å². The summed E-state index contributed by atoms with van der Waals surface area (Å²) < 4.78 is 31.0. The van der Waals surface area contributed by atoms with E-state index < -0.39 is 15.9 Å². The Morgan fingerprint density at radius 1 is 1.11 bits per heavy atom. The quantitative estimate of drug-likeness (QED) is 0.577. The van der Waals surface area contributed by atoms with Crippen LogP contribution in [0.2, 0.25) is 0 Å². The molecule has 3 rings (SSSR count). The molecule has 0 atom stereocenters. The van der Waals surface area contributed by atoms with Gasteiger partial charge < -0.3 is 9.73 Å². The molecule has 0 spiro atoms. The number of furan rings is 1. The fourth-order valence-electron chi connectivity index (χ4n) is 2.55. The highest BCUT2D eigenvalue weighted by Gasteiger charge is 2.20. The van der Waals surface area contributed by atoms with E-state index in [-0.39, 0.29) is 10.7 Å². The highest BCUT2D eigenvalue weighted by Crippen LogP contribution is 2.24. The molecule has 0 unspecified atom stereocenters. The molecule has 1 amide bonds. The van der Waals surface area contributed by atoms with E-state index in [1.807, 2.05) is 30.3 Å². The van der Waals surface area contributed by atoms with Gasteiger partial charge in [0.25, 0.3) is 5.91 Å². The predicted octanol–water partition coefficient (Wildman–Crippen LogP) is 3.01. The number of quaternary nitrogens is 1. The summed E-state index contributed by atoms with van der Waals surface area (Å²) in [7, 11) is -2.01. The minimum Gasteiger partial charge on any atom is -0.455 e. The van der Waals surface area contributed by atoms with E-state index in [4.69, 9.17) is 4.42 Å². The Hall–Kier alpha value is -2.55. The number of amides is 1. The largest absolute Gasteiger partial charge is 0.455 e. The third kappa shape index (κ3) is 4.83. The number of primary sulfonamides is 1. The number of nitrogens with two attached hydrogens (primary N) is 1. The summed E-state index contributed by atoms with van der Waals surface area (Å²) in [5.74, 6) is 1.04. The first-order valence-corrected chi connectivity index (χ1v) is 11.2. The van der Waals surface area contributed by atoms with Crippen LogP contribution in [0.5, 0.6) is 0 Å². The van der Waals surface area contributed by atoms with Crippen molar-refractivity contribution in [3.63, 3.8) is 0 Å². The number of anilines is 1. The van der Waals surface area contributed by atoms with Gasteiger partial charge in [-0.05, 0) is 48.9 Å². The second-order valence-corrected chi connectivity index (χ2v) is 9.13. The zero-order valence-corrected chi connectivity index (χ0v) is 17.1. The number of sulfonamides is 1. The molecule has 6 nitrogen and oxygen atoms in total. The molecule has 1 heterocycles. The lowest BCUT2D eigenvalue weighted by atomic mass is 10.2. The van der Waals surface area contributed by atoms with Crippen molar-refractivity contribution >= 4 is 33.4 Å². The first kappa shape index (κ1) is 20.2. The van der Waals surface area contributed by atoms with E-state index in [0.29, 0.717) is 22.8 Å². The average Bonchev–Trinajstić information content (AvgIpc) is 3.18. The highest BCUT2D eigenvalue weighted by molar-refractivity contribution is 7.98. The number of carbonyl (C=O) groups is 1. The van der Waals surface area contributed by atoms with Gasteiger partial charge in [-0.3, -0.25) is 4.79 Å². The standard InChI is InChI=1S/C20H20N2O4S2/c1-14-8-9-15(12-19(14)28(24,25)21-2)22-20(23)18-11-10-16(26-18)13-27-17-6-4-3-5-7-17/h3-12,21H,13H2,1-2H3,(H,22,23)/p+1. The van der Waals surface area contributed by atoms with E-state index in [9.17, 15) is 13.2 Å². The third-order valence-electron chi connectivity index (χ3n) is 4.07. The van der Waals surface area contributed by atoms with Gasteiger partial charge in [-0.1, -0.05) is 24.3 Å². The van der Waals surface area contributed by atoms with Crippen molar-refractivity contribution in [2.75, 3.05) is 12.4 Å². The molecule has 3 aromatic rings. The lowest BCUT2D eigenvalue weighted by molar-refractivity contribution is -0.461. The SMILES string of the molecule is C[NH2+]S(=O)(=O)c1cc(NC(=O)c2ccc(CSc3ccccc3)o2)ccc1C. The van der Waals surface area contributed by atoms with E-state index >= 15 is 0 Å². The molecule has 146 valence electrons. The number of nitrogens with one attached hydrogen (secondary N) is 1. The third-order valence-corrected chi connectivity index (χ3v) is 6.78. The average molecular weight is 418 g/mol. The molecule has 3 N–H and O–H groups in total. The molecule has 2 aromatic carbocycles. The first-order valence-electron chi connectivity index (χ1n) is 8.62. The molecular formula is C20H21N2O4S2+. The van der Waals surface area contributed by atoms with E-state index in [1.165, 1.54) is 13.1 Å². The van der Waals surface area contributed by atoms with Crippen LogP contribution in [-0.4, -0.2) is 21.4 Å². The number of hydrogen-bond donors (Lipinski definition) is 2. The maximum atomic E-state index is 12.4. The van der Waals surface area contributed by atoms with E-state index in [1.54, 1.807) is 43.0 Å². The topological polar surface area (TPSA) is 93.0 Å². The molecule has 0 fully saturated rings. The van der Waals surface area contributed by atoms with Gasteiger partial charge in [0.15, 0.2) is 5.76 Å². The number of rotatable bonds is 7. The Balaban J connectivity index is 1.69. The summed E-state index contributed by atoms with van der Waals surface area (Å²) in [6, 6.07) is 18.1. The summed E-state index contributed by atoms with van der Waals surface area (Å²) in [4.78, 5) is 13.7. The van der Waals surface area contributed by atoms with Crippen LogP contribution in [0.15, 0.2) is 74.9 Å². The number of carbonyl (C=O) groups excluding carboxylic acids is 1. The van der Waals surface area contributed by atoms with E-state index in [0.717, 1.165) is 9.62 Å². The van der Waals surface area contributed by atoms with Gasteiger partial charge in [-0.15, -0.1) is 11.8 Å². The van der Waals surface area contributed by atoms with Crippen LogP contribution >= 0.6 is 11.8 Å². The zero-order chi connectivity index (χ0) is 20.1. The minimum absolute atomic E-state index is 0.173. The maximum Gasteiger partial charge on any atom is 0.324 e. The lowest BCUT2D eigenvalue weighted by Crippen LogP contribution is -2.83. The molecule has 0 aliphatic carbocycles. The highest BCUT2D eigenvalue weighted by atomic mass is 32.2. The molecule has 0 saturated heterocycles. The fraction of sp³-hybridized carbons (Fsp3) is 0.150. The second kappa shape index (κ2) is 8.64. The van der Waals surface area contributed by atoms with Crippen LogP contribution in [0.1, 0.15) is 21.9 Å². The predicted molar refractivity (Wildman–Crippen MR) is 109 cm³/mol. The van der Waals surface area contributed by atoms with Crippen molar-refractivity contribution in [2.24, 2.45) is 0 Å². The summed E-state index contributed by atoms with van der Waals surface area (Å²) in [6.45, 7) is 1.71. The normalized spacial score (nSPS) is 11.4.